The molecule has 0 bridgehead atoms. The van der Waals surface area contributed by atoms with Crippen molar-refractivity contribution in [2.24, 2.45) is 0 Å². The summed E-state index contributed by atoms with van der Waals surface area (Å²) >= 11 is 3.22. The van der Waals surface area contributed by atoms with Crippen LogP contribution < -0.4 is 4.90 Å². The van der Waals surface area contributed by atoms with Crippen LogP contribution in [-0.4, -0.2) is 39.7 Å². The highest BCUT2D eigenvalue weighted by atomic mass is 32.2. The molecule has 2 rings (SSSR count). The number of aliphatic hydroxyl groups is 1. The van der Waals surface area contributed by atoms with Gasteiger partial charge in [0.2, 0.25) is 5.13 Å². The van der Waals surface area contributed by atoms with Gasteiger partial charge in [0.15, 0.2) is 4.34 Å². The second-order valence-corrected chi connectivity index (χ2v) is 7.18. The van der Waals surface area contributed by atoms with E-state index in [1.54, 1.807) is 23.1 Å². The number of anilines is 1. The van der Waals surface area contributed by atoms with E-state index in [1.807, 2.05) is 13.8 Å². The Morgan fingerprint density at radius 1 is 1.29 bits per heavy atom. The van der Waals surface area contributed by atoms with E-state index in [9.17, 15) is 5.11 Å². The normalized spacial score (nSPS) is 17.5. The van der Waals surface area contributed by atoms with Gasteiger partial charge in [-0.25, -0.2) is 0 Å². The topological polar surface area (TPSA) is 49.3 Å². The van der Waals surface area contributed by atoms with E-state index in [0.717, 1.165) is 22.6 Å². The lowest BCUT2D eigenvalue weighted by Crippen LogP contribution is -2.29. The van der Waals surface area contributed by atoms with Crippen LogP contribution >= 0.6 is 23.1 Å². The molecule has 0 amide bonds. The number of nitrogens with zero attached hydrogens (tertiary/aromatic N) is 3. The summed E-state index contributed by atoms with van der Waals surface area (Å²) in [5, 5.41) is 19.1. The third kappa shape index (κ3) is 4.12. The van der Waals surface area contributed by atoms with Gasteiger partial charge in [-0.15, -0.1) is 10.2 Å². The first-order valence-electron chi connectivity index (χ1n) is 5.98. The molecule has 0 atom stereocenters. The molecule has 6 heteroatoms. The van der Waals surface area contributed by atoms with E-state index >= 15 is 0 Å². The predicted molar refractivity (Wildman–Crippen MR) is 73.0 cm³/mol. The number of hydrogen-bond acceptors (Lipinski definition) is 6. The fourth-order valence-corrected chi connectivity index (χ4v) is 3.55. The summed E-state index contributed by atoms with van der Waals surface area (Å²) in [5.74, 6) is 0.654. The highest BCUT2D eigenvalue weighted by Crippen LogP contribution is 2.31. The monoisotopic (exact) mass is 273 g/mol. The molecule has 4 nitrogen and oxygen atoms in total. The lowest BCUT2D eigenvalue weighted by Gasteiger charge is -2.25. The van der Waals surface area contributed by atoms with E-state index < -0.39 is 5.60 Å². The van der Waals surface area contributed by atoms with Crippen LogP contribution in [0, 0.1) is 0 Å². The third-order valence-electron chi connectivity index (χ3n) is 2.57. The van der Waals surface area contributed by atoms with E-state index in [2.05, 4.69) is 15.1 Å². The summed E-state index contributed by atoms with van der Waals surface area (Å²) in [7, 11) is 0. The Balaban J connectivity index is 1.91. The molecular weight excluding hydrogens is 254 g/mol. The predicted octanol–water partition coefficient (Wildman–Crippen LogP) is 2.39. The molecule has 1 aliphatic heterocycles. The van der Waals surface area contributed by atoms with Crippen LogP contribution in [-0.2, 0) is 0 Å². The molecule has 96 valence electrons. The minimum atomic E-state index is -0.651. The number of rotatable bonds is 4. The quantitative estimate of drug-likeness (QED) is 0.854. The Morgan fingerprint density at radius 2 is 2.00 bits per heavy atom. The Hall–Kier alpha value is -0.330. The maximum atomic E-state index is 9.66. The lowest BCUT2D eigenvalue weighted by atomic mass is 10.1. The summed E-state index contributed by atoms with van der Waals surface area (Å²) in [5.41, 5.74) is -0.651. The van der Waals surface area contributed by atoms with Gasteiger partial charge in [0.1, 0.15) is 0 Å². The zero-order valence-electron chi connectivity index (χ0n) is 10.3. The fraction of sp³-hybridized carbons (Fsp3) is 0.818. The summed E-state index contributed by atoms with van der Waals surface area (Å²) in [4.78, 5) is 2.31. The van der Waals surface area contributed by atoms with Gasteiger partial charge in [-0.1, -0.05) is 23.1 Å². The highest BCUT2D eigenvalue weighted by molar-refractivity contribution is 8.01. The number of aromatic nitrogens is 2. The van der Waals surface area contributed by atoms with Crippen molar-refractivity contribution in [1.82, 2.24) is 10.2 Å². The summed E-state index contributed by atoms with van der Waals surface area (Å²) in [6.07, 6.45) is 3.84. The second-order valence-electron chi connectivity index (χ2n) is 5.00. The molecule has 1 aliphatic rings. The third-order valence-corrected chi connectivity index (χ3v) is 5.13. The van der Waals surface area contributed by atoms with Gasteiger partial charge in [-0.05, 0) is 33.1 Å². The van der Waals surface area contributed by atoms with E-state index in [4.69, 9.17) is 0 Å². The summed E-state index contributed by atoms with van der Waals surface area (Å²) in [6, 6.07) is 0. The zero-order chi connectivity index (χ0) is 12.3. The maximum absolute atomic E-state index is 9.66. The van der Waals surface area contributed by atoms with Crippen molar-refractivity contribution in [1.29, 1.82) is 0 Å². The highest BCUT2D eigenvalue weighted by Gasteiger charge is 2.18. The van der Waals surface area contributed by atoms with Crippen molar-refractivity contribution in [2.75, 3.05) is 23.7 Å². The molecule has 0 unspecified atom stereocenters. The van der Waals surface area contributed by atoms with Gasteiger partial charge in [0.25, 0.3) is 0 Å². The molecule has 1 fully saturated rings. The van der Waals surface area contributed by atoms with Gasteiger partial charge in [-0.3, -0.25) is 0 Å². The van der Waals surface area contributed by atoms with Gasteiger partial charge >= 0.3 is 0 Å². The smallest absolute Gasteiger partial charge is 0.209 e. The minimum Gasteiger partial charge on any atom is -0.390 e. The molecule has 0 saturated carbocycles. The minimum absolute atomic E-state index is 0.651. The van der Waals surface area contributed by atoms with Crippen LogP contribution in [0.25, 0.3) is 0 Å². The first-order valence-corrected chi connectivity index (χ1v) is 7.78. The van der Waals surface area contributed by atoms with E-state index in [-0.39, 0.29) is 0 Å². The Bertz CT molecular complexity index is 356. The van der Waals surface area contributed by atoms with Crippen LogP contribution in [0.3, 0.4) is 0 Å². The number of thioether (sulfide) groups is 1. The molecule has 1 aromatic rings. The van der Waals surface area contributed by atoms with Crippen molar-refractivity contribution < 1.29 is 5.11 Å². The number of piperidine rings is 1. The second kappa shape index (κ2) is 5.54. The van der Waals surface area contributed by atoms with Crippen LogP contribution in [0.2, 0.25) is 0 Å². The molecule has 17 heavy (non-hydrogen) atoms. The van der Waals surface area contributed by atoms with Crippen molar-refractivity contribution >= 4 is 28.2 Å². The molecule has 0 radical (unpaired) electrons. The number of hydrogen-bond donors (Lipinski definition) is 1. The van der Waals surface area contributed by atoms with Crippen molar-refractivity contribution in [3.63, 3.8) is 0 Å². The average Bonchev–Trinajstić information content (AvgIpc) is 2.75. The Kier molecular flexibility index (Phi) is 4.27. The SMILES string of the molecule is CC(C)(O)CSc1nnc(N2CCCCC2)s1. The maximum Gasteiger partial charge on any atom is 0.209 e. The summed E-state index contributed by atoms with van der Waals surface area (Å²) in [6.45, 7) is 5.83. The molecule has 0 aliphatic carbocycles. The van der Waals surface area contributed by atoms with Gasteiger partial charge in [0.05, 0.1) is 5.60 Å². The van der Waals surface area contributed by atoms with Gasteiger partial charge < -0.3 is 10.0 Å². The molecule has 1 aromatic heterocycles. The van der Waals surface area contributed by atoms with E-state index in [1.165, 1.54) is 19.3 Å². The Labute approximate surface area is 110 Å². The molecular formula is C11H19N3OS2. The van der Waals surface area contributed by atoms with Crippen LogP contribution in [0.1, 0.15) is 33.1 Å². The molecule has 1 N–H and O–H groups in total. The zero-order valence-corrected chi connectivity index (χ0v) is 12.0. The lowest BCUT2D eigenvalue weighted by molar-refractivity contribution is 0.107. The van der Waals surface area contributed by atoms with Gasteiger partial charge in [0, 0.05) is 18.8 Å². The fourth-order valence-electron chi connectivity index (χ4n) is 1.71. The van der Waals surface area contributed by atoms with Crippen LogP contribution in [0.5, 0.6) is 0 Å². The molecule has 2 heterocycles. The van der Waals surface area contributed by atoms with Crippen molar-refractivity contribution in [3.05, 3.63) is 0 Å². The Morgan fingerprint density at radius 3 is 2.65 bits per heavy atom. The van der Waals surface area contributed by atoms with Gasteiger partial charge in [-0.2, -0.15) is 0 Å². The average molecular weight is 273 g/mol. The first-order chi connectivity index (χ1) is 8.04. The van der Waals surface area contributed by atoms with Crippen LogP contribution in [0.15, 0.2) is 4.34 Å². The molecule has 1 saturated heterocycles. The summed E-state index contributed by atoms with van der Waals surface area (Å²) < 4.78 is 0.952. The molecule has 0 aromatic carbocycles. The first kappa shape index (κ1) is 13.1. The van der Waals surface area contributed by atoms with Crippen LogP contribution in [0.4, 0.5) is 5.13 Å². The molecule has 0 spiro atoms. The van der Waals surface area contributed by atoms with E-state index in [0.29, 0.717) is 5.75 Å². The standard InChI is InChI=1S/C11H19N3OS2/c1-11(2,15)8-16-10-13-12-9(17-10)14-6-4-3-5-7-14/h15H,3-8H2,1-2H3. The van der Waals surface area contributed by atoms with Crippen molar-refractivity contribution in [3.8, 4) is 0 Å². The largest absolute Gasteiger partial charge is 0.390 e. The van der Waals surface area contributed by atoms with Crippen molar-refractivity contribution in [2.45, 2.75) is 43.1 Å².